The summed E-state index contributed by atoms with van der Waals surface area (Å²) in [7, 11) is -1.47. The van der Waals surface area contributed by atoms with Gasteiger partial charge >= 0.3 is 0 Å². The number of carbonyl (C=O) groups is 2. The third kappa shape index (κ3) is 3.69. The summed E-state index contributed by atoms with van der Waals surface area (Å²) in [5, 5.41) is -0.685. The Morgan fingerprint density at radius 2 is 1.64 bits per heavy atom. The highest BCUT2D eigenvalue weighted by Crippen LogP contribution is 2.33. The summed E-state index contributed by atoms with van der Waals surface area (Å²) in [6.07, 6.45) is 1.74. The lowest BCUT2D eigenvalue weighted by molar-refractivity contribution is -0.114. The van der Waals surface area contributed by atoms with Gasteiger partial charge in [-0.1, -0.05) is 53.6 Å². The zero-order valence-electron chi connectivity index (χ0n) is 14.3. The Morgan fingerprint density at radius 1 is 1.00 bits per heavy atom. The molecule has 3 rings (SSSR count). The van der Waals surface area contributed by atoms with Crippen molar-refractivity contribution in [2.45, 2.75) is 30.4 Å². The number of Topliss-reactive ketones (excluding diaryl/α,β-unsaturated/α-hetero) is 1. The highest BCUT2D eigenvalue weighted by Gasteiger charge is 2.40. The molecule has 0 aromatic heterocycles. The smallest absolute Gasteiger partial charge is 0.172 e. The lowest BCUT2D eigenvalue weighted by Crippen LogP contribution is -2.30. The molecule has 128 valence electrons. The van der Waals surface area contributed by atoms with Gasteiger partial charge in [0.1, 0.15) is 5.25 Å². The van der Waals surface area contributed by atoms with E-state index >= 15 is 0 Å². The largest absolute Gasteiger partial charge is 0.294 e. The summed E-state index contributed by atoms with van der Waals surface area (Å²) < 4.78 is 13.0. The van der Waals surface area contributed by atoms with E-state index in [1.54, 1.807) is 30.3 Å². The van der Waals surface area contributed by atoms with Gasteiger partial charge < -0.3 is 0 Å². The molecule has 0 heterocycles. The molecule has 0 radical (unpaired) electrons. The minimum absolute atomic E-state index is 0.0287. The maximum Gasteiger partial charge on any atom is 0.172 e. The van der Waals surface area contributed by atoms with Crippen LogP contribution < -0.4 is 0 Å². The van der Waals surface area contributed by atoms with Crippen molar-refractivity contribution in [3.8, 4) is 0 Å². The molecule has 2 aromatic rings. The SMILES string of the molecule is CC1=CC(=O)C(S(=O)c2ccc(C)cc2)C1CC(=O)c1ccccc1. The lowest BCUT2D eigenvalue weighted by atomic mass is 9.93. The van der Waals surface area contributed by atoms with Crippen molar-refractivity contribution in [3.63, 3.8) is 0 Å². The van der Waals surface area contributed by atoms with E-state index < -0.39 is 16.0 Å². The molecule has 1 aliphatic rings. The molecule has 0 fully saturated rings. The molecule has 0 aliphatic heterocycles. The van der Waals surface area contributed by atoms with Crippen LogP contribution in [0.5, 0.6) is 0 Å². The molecule has 0 saturated heterocycles. The fraction of sp³-hybridized carbons (Fsp3) is 0.238. The third-order valence-electron chi connectivity index (χ3n) is 4.59. The van der Waals surface area contributed by atoms with E-state index in [4.69, 9.17) is 0 Å². The average molecular weight is 352 g/mol. The number of hydrogen-bond acceptors (Lipinski definition) is 3. The number of rotatable bonds is 5. The van der Waals surface area contributed by atoms with E-state index in [0.717, 1.165) is 11.1 Å². The van der Waals surface area contributed by atoms with Crippen LogP contribution in [0, 0.1) is 12.8 Å². The molecule has 1 aliphatic carbocycles. The van der Waals surface area contributed by atoms with E-state index in [-0.39, 0.29) is 23.9 Å². The number of carbonyl (C=O) groups excluding carboxylic acids is 2. The third-order valence-corrected chi connectivity index (χ3v) is 6.34. The van der Waals surface area contributed by atoms with Crippen LogP contribution >= 0.6 is 0 Å². The molecule has 3 atom stereocenters. The van der Waals surface area contributed by atoms with Crippen LogP contribution in [0.4, 0.5) is 0 Å². The monoisotopic (exact) mass is 352 g/mol. The fourth-order valence-electron chi connectivity index (χ4n) is 3.13. The van der Waals surface area contributed by atoms with E-state index in [2.05, 4.69) is 0 Å². The number of hydrogen-bond donors (Lipinski definition) is 0. The second-order valence-corrected chi connectivity index (χ2v) is 8.00. The van der Waals surface area contributed by atoms with Gasteiger partial charge in [-0.3, -0.25) is 13.8 Å². The zero-order chi connectivity index (χ0) is 18.0. The Bertz CT molecular complexity index is 850. The van der Waals surface area contributed by atoms with Crippen molar-refractivity contribution in [2.75, 3.05) is 0 Å². The summed E-state index contributed by atoms with van der Waals surface area (Å²) >= 11 is 0. The molecule has 0 N–H and O–H groups in total. The molecule has 2 aromatic carbocycles. The Balaban J connectivity index is 1.85. The highest BCUT2D eigenvalue weighted by molar-refractivity contribution is 7.86. The first kappa shape index (κ1) is 17.5. The van der Waals surface area contributed by atoms with Crippen LogP contribution in [0.15, 0.2) is 71.1 Å². The van der Waals surface area contributed by atoms with Gasteiger partial charge in [-0.15, -0.1) is 0 Å². The Kier molecular flexibility index (Phi) is 5.09. The van der Waals surface area contributed by atoms with Gasteiger partial charge in [0.15, 0.2) is 11.6 Å². The van der Waals surface area contributed by atoms with Gasteiger partial charge in [-0.25, -0.2) is 0 Å². The van der Waals surface area contributed by atoms with Crippen LogP contribution in [-0.2, 0) is 15.6 Å². The van der Waals surface area contributed by atoms with Gasteiger partial charge in [0, 0.05) is 22.8 Å². The standard InChI is InChI=1S/C21H20O3S/c1-14-8-10-17(11-9-14)25(24)21-18(15(2)12-20(21)23)13-19(22)16-6-4-3-5-7-16/h3-12,18,21H,13H2,1-2H3. The summed E-state index contributed by atoms with van der Waals surface area (Å²) in [5.74, 6) is -0.497. The fourth-order valence-corrected chi connectivity index (χ4v) is 4.72. The van der Waals surface area contributed by atoms with Crippen molar-refractivity contribution in [3.05, 3.63) is 77.4 Å². The van der Waals surface area contributed by atoms with Crippen molar-refractivity contribution < 1.29 is 13.8 Å². The molecule has 3 nitrogen and oxygen atoms in total. The summed E-state index contributed by atoms with van der Waals surface area (Å²) in [6, 6.07) is 16.4. The van der Waals surface area contributed by atoms with Gasteiger partial charge in [0.2, 0.25) is 0 Å². The summed E-state index contributed by atoms with van der Waals surface area (Å²) in [5.41, 5.74) is 2.53. The minimum atomic E-state index is -1.47. The van der Waals surface area contributed by atoms with Crippen LogP contribution in [0.3, 0.4) is 0 Å². The predicted octanol–water partition coefficient (Wildman–Crippen LogP) is 3.89. The van der Waals surface area contributed by atoms with E-state index in [0.29, 0.717) is 10.5 Å². The molecule has 0 bridgehead atoms. The lowest BCUT2D eigenvalue weighted by Gasteiger charge is -2.20. The van der Waals surface area contributed by atoms with Crippen LogP contribution in [0.2, 0.25) is 0 Å². The molecule has 4 heteroatoms. The Morgan fingerprint density at radius 3 is 2.28 bits per heavy atom. The second kappa shape index (κ2) is 7.28. The number of ketones is 2. The first-order valence-corrected chi connectivity index (χ1v) is 9.46. The minimum Gasteiger partial charge on any atom is -0.294 e. The topological polar surface area (TPSA) is 51.2 Å². The molecule has 25 heavy (non-hydrogen) atoms. The number of benzene rings is 2. The van der Waals surface area contributed by atoms with Crippen LogP contribution in [-0.4, -0.2) is 21.0 Å². The molecular weight excluding hydrogens is 332 g/mol. The van der Waals surface area contributed by atoms with Crippen LogP contribution in [0.25, 0.3) is 0 Å². The Hall–Kier alpha value is -2.33. The van der Waals surface area contributed by atoms with E-state index in [1.807, 2.05) is 44.2 Å². The maximum absolute atomic E-state index is 13.0. The van der Waals surface area contributed by atoms with Gasteiger partial charge in [0.25, 0.3) is 0 Å². The zero-order valence-corrected chi connectivity index (χ0v) is 15.1. The van der Waals surface area contributed by atoms with Crippen LogP contribution in [0.1, 0.15) is 29.3 Å². The Labute approximate surface area is 150 Å². The summed E-state index contributed by atoms with van der Waals surface area (Å²) in [4.78, 5) is 25.6. The molecule has 0 saturated carbocycles. The van der Waals surface area contributed by atoms with Crippen molar-refractivity contribution in [2.24, 2.45) is 5.92 Å². The maximum atomic E-state index is 13.0. The first-order valence-electron chi connectivity index (χ1n) is 8.25. The van der Waals surface area contributed by atoms with Gasteiger partial charge in [0.05, 0.1) is 10.8 Å². The molecular formula is C21H20O3S. The van der Waals surface area contributed by atoms with Crippen molar-refractivity contribution in [1.82, 2.24) is 0 Å². The molecule has 0 spiro atoms. The van der Waals surface area contributed by atoms with Gasteiger partial charge in [-0.2, -0.15) is 0 Å². The van der Waals surface area contributed by atoms with E-state index in [1.165, 1.54) is 0 Å². The molecule has 0 amide bonds. The normalized spacial score (nSPS) is 21.0. The predicted molar refractivity (Wildman–Crippen MR) is 99.0 cm³/mol. The summed E-state index contributed by atoms with van der Waals surface area (Å²) in [6.45, 7) is 3.80. The highest BCUT2D eigenvalue weighted by atomic mass is 32.2. The number of aryl methyl sites for hydroxylation is 1. The van der Waals surface area contributed by atoms with E-state index in [9.17, 15) is 13.8 Å². The number of allylic oxidation sites excluding steroid dienone is 2. The first-order chi connectivity index (χ1) is 12.0. The van der Waals surface area contributed by atoms with Crippen molar-refractivity contribution >= 4 is 22.4 Å². The van der Waals surface area contributed by atoms with Crippen molar-refractivity contribution in [1.29, 1.82) is 0 Å². The average Bonchev–Trinajstić information content (AvgIpc) is 2.89. The van der Waals surface area contributed by atoms with Gasteiger partial charge in [-0.05, 0) is 32.1 Å². The molecule has 3 unspecified atom stereocenters. The second-order valence-electron chi connectivity index (χ2n) is 6.42. The quantitative estimate of drug-likeness (QED) is 0.767.